The minimum absolute atomic E-state index is 0.215. The molecule has 1 aromatic carbocycles. The Balaban J connectivity index is 1.70. The topological polar surface area (TPSA) is 17.1 Å². The number of hydrogen-bond donors (Lipinski definition) is 0. The van der Waals surface area contributed by atoms with Gasteiger partial charge in [0.1, 0.15) is 5.78 Å². The van der Waals surface area contributed by atoms with E-state index < -0.39 is 0 Å². The summed E-state index contributed by atoms with van der Waals surface area (Å²) in [7, 11) is 0. The predicted molar refractivity (Wildman–Crippen MR) is 88.9 cm³/mol. The Kier molecular flexibility index (Phi) is 4.54. The average Bonchev–Trinajstić information content (AvgIpc) is 2.98. The number of thiophene rings is 1. The Morgan fingerprint density at radius 3 is 2.57 bits per heavy atom. The molecule has 110 valence electrons. The van der Waals surface area contributed by atoms with Crippen LogP contribution in [0.15, 0.2) is 42.5 Å². The molecule has 1 saturated carbocycles. The summed E-state index contributed by atoms with van der Waals surface area (Å²) >= 11 is 1.87. The molecule has 2 atom stereocenters. The van der Waals surface area contributed by atoms with Crippen LogP contribution in [0.3, 0.4) is 0 Å². The Hall–Kier alpha value is -1.41. The van der Waals surface area contributed by atoms with Crippen molar-refractivity contribution < 1.29 is 4.79 Å². The second-order valence-corrected chi connectivity index (χ2v) is 7.22. The molecule has 0 amide bonds. The Morgan fingerprint density at radius 1 is 1.10 bits per heavy atom. The van der Waals surface area contributed by atoms with Gasteiger partial charge in [0.2, 0.25) is 0 Å². The van der Waals surface area contributed by atoms with Crippen LogP contribution in [-0.4, -0.2) is 5.78 Å². The van der Waals surface area contributed by atoms with E-state index in [2.05, 4.69) is 49.4 Å². The molecule has 1 fully saturated rings. The summed E-state index contributed by atoms with van der Waals surface area (Å²) in [6.45, 7) is 2.19. The molecule has 0 radical (unpaired) electrons. The van der Waals surface area contributed by atoms with Crippen molar-refractivity contribution in [2.45, 2.75) is 44.9 Å². The summed E-state index contributed by atoms with van der Waals surface area (Å²) in [4.78, 5) is 15.1. The Bertz CT molecular complexity index is 599. The van der Waals surface area contributed by atoms with E-state index in [1.807, 2.05) is 11.3 Å². The molecule has 0 saturated heterocycles. The molecule has 2 heteroatoms. The lowest BCUT2D eigenvalue weighted by molar-refractivity contribution is -0.124. The van der Waals surface area contributed by atoms with Gasteiger partial charge in [0.25, 0.3) is 0 Å². The molecule has 1 nitrogen and oxygen atoms in total. The smallest absolute Gasteiger partial charge is 0.136 e. The third-order valence-corrected chi connectivity index (χ3v) is 5.80. The lowest BCUT2D eigenvalue weighted by atomic mass is 9.76. The van der Waals surface area contributed by atoms with Crippen molar-refractivity contribution in [1.82, 2.24) is 0 Å². The Labute approximate surface area is 131 Å². The van der Waals surface area contributed by atoms with Crippen LogP contribution in [-0.2, 0) is 17.6 Å². The molecular weight excluding hydrogens is 276 g/mol. The van der Waals surface area contributed by atoms with Crippen LogP contribution in [0.2, 0.25) is 0 Å². The number of carbonyl (C=O) groups excluding carboxylic acids is 1. The number of aryl methyl sites for hydroxylation is 1. The average molecular weight is 298 g/mol. The van der Waals surface area contributed by atoms with E-state index in [1.54, 1.807) is 0 Å². The molecule has 2 unspecified atom stereocenters. The first-order chi connectivity index (χ1) is 10.3. The van der Waals surface area contributed by atoms with Crippen molar-refractivity contribution in [2.75, 3.05) is 0 Å². The van der Waals surface area contributed by atoms with Gasteiger partial charge in [0.05, 0.1) is 0 Å². The number of rotatable bonds is 4. The van der Waals surface area contributed by atoms with Crippen LogP contribution in [0, 0.1) is 5.92 Å². The molecule has 1 aliphatic rings. The number of ketones is 1. The molecule has 1 aromatic heterocycles. The minimum Gasteiger partial charge on any atom is -0.299 e. The standard InChI is InChI=1S/C19H22OS/c1-2-17-9-10-18(21-17)13-16-12-15(8-11-19(16)20)14-6-4-3-5-7-14/h3-7,9-10,15-16H,2,8,11-13H2,1H3. The summed E-state index contributed by atoms with van der Waals surface area (Å²) in [6.07, 6.45) is 4.81. The van der Waals surface area contributed by atoms with Crippen LogP contribution >= 0.6 is 11.3 Å². The van der Waals surface area contributed by atoms with Gasteiger partial charge in [-0.05, 0) is 49.3 Å². The molecule has 1 aliphatic carbocycles. The summed E-state index contributed by atoms with van der Waals surface area (Å²) in [5.41, 5.74) is 1.40. The predicted octanol–water partition coefficient (Wildman–Crippen LogP) is 5.01. The lowest BCUT2D eigenvalue weighted by Crippen LogP contribution is -2.25. The first-order valence-corrected chi connectivity index (χ1v) is 8.73. The molecule has 2 aromatic rings. The summed E-state index contributed by atoms with van der Waals surface area (Å²) in [5, 5.41) is 0. The third-order valence-electron chi connectivity index (χ3n) is 4.55. The second-order valence-electron chi connectivity index (χ2n) is 5.97. The maximum atomic E-state index is 12.3. The van der Waals surface area contributed by atoms with Gasteiger partial charge in [-0.25, -0.2) is 0 Å². The first-order valence-electron chi connectivity index (χ1n) is 7.91. The molecule has 0 N–H and O–H groups in total. The number of hydrogen-bond acceptors (Lipinski definition) is 2. The van der Waals surface area contributed by atoms with Gasteiger partial charge < -0.3 is 0 Å². The van der Waals surface area contributed by atoms with Crippen molar-refractivity contribution in [3.63, 3.8) is 0 Å². The molecule has 0 spiro atoms. The van der Waals surface area contributed by atoms with E-state index in [-0.39, 0.29) is 5.92 Å². The number of Topliss-reactive ketones (excluding diaryl/α,β-unsaturated/α-hetero) is 1. The lowest BCUT2D eigenvalue weighted by Gasteiger charge is -2.28. The molecule has 0 aliphatic heterocycles. The fourth-order valence-corrected chi connectivity index (χ4v) is 4.34. The van der Waals surface area contributed by atoms with Gasteiger partial charge in [0, 0.05) is 22.1 Å². The van der Waals surface area contributed by atoms with Gasteiger partial charge >= 0.3 is 0 Å². The van der Waals surface area contributed by atoms with E-state index in [0.717, 1.165) is 32.1 Å². The van der Waals surface area contributed by atoms with E-state index in [1.165, 1.54) is 15.3 Å². The highest BCUT2D eigenvalue weighted by Crippen LogP contribution is 2.36. The summed E-state index contributed by atoms with van der Waals surface area (Å²) in [5.74, 6) is 1.24. The molecular formula is C19H22OS. The van der Waals surface area contributed by atoms with Crippen LogP contribution in [0.25, 0.3) is 0 Å². The van der Waals surface area contributed by atoms with Crippen LogP contribution in [0.5, 0.6) is 0 Å². The first kappa shape index (κ1) is 14.5. The molecule has 0 bridgehead atoms. The van der Waals surface area contributed by atoms with Crippen LogP contribution < -0.4 is 0 Å². The number of carbonyl (C=O) groups is 1. The summed E-state index contributed by atoms with van der Waals surface area (Å²) < 4.78 is 0. The zero-order valence-corrected chi connectivity index (χ0v) is 13.4. The van der Waals surface area contributed by atoms with Gasteiger partial charge in [-0.1, -0.05) is 37.3 Å². The van der Waals surface area contributed by atoms with E-state index >= 15 is 0 Å². The van der Waals surface area contributed by atoms with Crippen molar-refractivity contribution >= 4 is 17.1 Å². The highest BCUT2D eigenvalue weighted by molar-refractivity contribution is 7.12. The molecule has 1 heterocycles. The van der Waals surface area contributed by atoms with E-state index in [9.17, 15) is 4.79 Å². The molecule has 3 rings (SSSR count). The molecule has 21 heavy (non-hydrogen) atoms. The van der Waals surface area contributed by atoms with Gasteiger partial charge in [-0.2, -0.15) is 0 Å². The number of benzene rings is 1. The summed E-state index contributed by atoms with van der Waals surface area (Å²) in [6, 6.07) is 15.1. The Morgan fingerprint density at radius 2 is 1.86 bits per heavy atom. The van der Waals surface area contributed by atoms with Crippen molar-refractivity contribution in [3.05, 3.63) is 57.8 Å². The largest absolute Gasteiger partial charge is 0.299 e. The fraction of sp³-hybridized carbons (Fsp3) is 0.421. The minimum atomic E-state index is 0.215. The fourth-order valence-electron chi connectivity index (χ4n) is 3.30. The monoisotopic (exact) mass is 298 g/mol. The van der Waals surface area contributed by atoms with Crippen LogP contribution in [0.1, 0.15) is 47.4 Å². The normalized spacial score (nSPS) is 22.4. The maximum absolute atomic E-state index is 12.3. The highest BCUT2D eigenvalue weighted by atomic mass is 32.1. The SMILES string of the molecule is CCc1ccc(CC2CC(c3ccccc3)CCC2=O)s1. The quantitative estimate of drug-likeness (QED) is 0.775. The van der Waals surface area contributed by atoms with E-state index in [4.69, 9.17) is 0 Å². The highest BCUT2D eigenvalue weighted by Gasteiger charge is 2.29. The van der Waals surface area contributed by atoms with Gasteiger partial charge in [-0.15, -0.1) is 11.3 Å². The van der Waals surface area contributed by atoms with Crippen molar-refractivity contribution in [2.24, 2.45) is 5.92 Å². The maximum Gasteiger partial charge on any atom is 0.136 e. The third kappa shape index (κ3) is 3.44. The van der Waals surface area contributed by atoms with Gasteiger partial charge in [0.15, 0.2) is 0 Å². The van der Waals surface area contributed by atoms with Crippen molar-refractivity contribution in [3.8, 4) is 0 Å². The zero-order valence-electron chi connectivity index (χ0n) is 12.5. The van der Waals surface area contributed by atoms with E-state index in [0.29, 0.717) is 11.7 Å². The zero-order chi connectivity index (χ0) is 14.7. The van der Waals surface area contributed by atoms with Crippen molar-refractivity contribution in [1.29, 1.82) is 0 Å². The second kappa shape index (κ2) is 6.57. The van der Waals surface area contributed by atoms with Crippen LogP contribution in [0.4, 0.5) is 0 Å². The van der Waals surface area contributed by atoms with Gasteiger partial charge in [-0.3, -0.25) is 4.79 Å².